The van der Waals surface area contributed by atoms with Gasteiger partial charge in [0.05, 0.1) is 22.6 Å². The van der Waals surface area contributed by atoms with Gasteiger partial charge < -0.3 is 9.76 Å². The van der Waals surface area contributed by atoms with Gasteiger partial charge in [0.15, 0.2) is 0 Å². The average molecular weight is 447 g/mol. The molecule has 1 N–H and O–H groups in total. The van der Waals surface area contributed by atoms with E-state index in [0.717, 1.165) is 34.4 Å². The fourth-order valence-corrected chi connectivity index (χ4v) is 4.30. The molecule has 0 atom stereocenters. The Kier molecular flexibility index (Phi) is 5.67. The minimum absolute atomic E-state index is 0.436. The minimum Gasteiger partial charge on any atom is -0.427 e. The third-order valence-corrected chi connectivity index (χ3v) is 7.11. The number of nitrogens with zero attached hydrogens (tertiary/aromatic N) is 1. The monoisotopic (exact) mass is 447 g/mol. The highest BCUT2D eigenvalue weighted by Crippen LogP contribution is 2.35. The molecular formula is C30H30BNO2. The maximum absolute atomic E-state index is 10.4. The molecule has 0 bridgehead atoms. The maximum Gasteiger partial charge on any atom is 0.309 e. The minimum atomic E-state index is -0.933. The normalized spacial score (nSPS) is 13.6. The number of hydrogen-bond acceptors (Lipinski definition) is 3. The van der Waals surface area contributed by atoms with Crippen molar-refractivity contribution in [3.05, 3.63) is 96.1 Å². The Morgan fingerprint density at radius 1 is 0.794 bits per heavy atom. The van der Waals surface area contributed by atoms with Crippen LogP contribution in [-0.4, -0.2) is 29.5 Å². The van der Waals surface area contributed by atoms with Crippen LogP contribution >= 0.6 is 0 Å². The zero-order valence-corrected chi connectivity index (χ0v) is 20.3. The van der Waals surface area contributed by atoms with Crippen LogP contribution in [0.5, 0.6) is 0 Å². The van der Waals surface area contributed by atoms with Crippen molar-refractivity contribution in [2.24, 2.45) is 4.99 Å². The number of aliphatic hydroxyl groups is 1. The largest absolute Gasteiger partial charge is 0.427 e. The van der Waals surface area contributed by atoms with E-state index in [2.05, 4.69) is 84.9 Å². The van der Waals surface area contributed by atoms with Gasteiger partial charge in [0, 0.05) is 12.0 Å². The van der Waals surface area contributed by atoms with Gasteiger partial charge in [-0.05, 0) is 67.3 Å². The second-order valence-corrected chi connectivity index (χ2v) is 10.2. The second-order valence-electron chi connectivity index (χ2n) is 10.2. The number of benzene rings is 4. The molecule has 1 aliphatic rings. The lowest BCUT2D eigenvalue weighted by molar-refractivity contribution is -0.0893. The Bertz CT molecular complexity index is 1400. The van der Waals surface area contributed by atoms with Gasteiger partial charge >= 0.3 is 7.48 Å². The second kappa shape index (κ2) is 8.54. The van der Waals surface area contributed by atoms with Crippen LogP contribution in [0.2, 0.25) is 0 Å². The Morgan fingerprint density at radius 2 is 1.47 bits per heavy atom. The van der Waals surface area contributed by atoms with Crippen LogP contribution in [0, 0.1) is 0 Å². The lowest BCUT2D eigenvalue weighted by Crippen LogP contribution is -2.49. The molecule has 0 unspecified atom stereocenters. The molecule has 0 amide bonds. The molecule has 4 aromatic carbocycles. The first-order chi connectivity index (χ1) is 16.2. The predicted octanol–water partition coefficient (Wildman–Crippen LogP) is 5.73. The van der Waals surface area contributed by atoms with Crippen LogP contribution in [0.1, 0.15) is 38.8 Å². The highest BCUT2D eigenvalue weighted by atomic mass is 16.5. The van der Waals surface area contributed by atoms with Gasteiger partial charge in [0.2, 0.25) is 0 Å². The molecule has 3 nitrogen and oxygen atoms in total. The number of hydrogen-bond donors (Lipinski definition) is 1. The van der Waals surface area contributed by atoms with Gasteiger partial charge in [-0.15, -0.1) is 0 Å². The van der Waals surface area contributed by atoms with Crippen LogP contribution < -0.4 is 5.46 Å². The summed E-state index contributed by atoms with van der Waals surface area (Å²) in [5, 5.41) is 12.9. The Morgan fingerprint density at radius 3 is 2.21 bits per heavy atom. The topological polar surface area (TPSA) is 41.8 Å². The van der Waals surface area contributed by atoms with Crippen molar-refractivity contribution in [1.82, 2.24) is 0 Å². The summed E-state index contributed by atoms with van der Waals surface area (Å²) in [5.41, 5.74) is 6.41. The molecule has 5 rings (SSSR count). The van der Waals surface area contributed by atoms with E-state index >= 15 is 0 Å². The van der Waals surface area contributed by atoms with Crippen LogP contribution in [0.4, 0.5) is 5.69 Å². The number of fused-ring (bicyclic) bond motifs is 2. The Hall–Kier alpha value is -3.21. The van der Waals surface area contributed by atoms with Crippen molar-refractivity contribution in [3.8, 4) is 11.1 Å². The molecule has 0 aromatic heterocycles. The van der Waals surface area contributed by atoms with Crippen molar-refractivity contribution in [2.75, 3.05) is 0 Å². The fraction of sp³-hybridized carbons (Fsp3) is 0.233. The predicted molar refractivity (Wildman–Crippen MR) is 144 cm³/mol. The third kappa shape index (κ3) is 4.32. The molecule has 4 aromatic rings. The van der Waals surface area contributed by atoms with Gasteiger partial charge in [-0.3, -0.25) is 4.99 Å². The van der Waals surface area contributed by atoms with Crippen molar-refractivity contribution in [3.63, 3.8) is 0 Å². The first kappa shape index (κ1) is 22.6. The van der Waals surface area contributed by atoms with E-state index in [4.69, 9.17) is 9.65 Å². The van der Waals surface area contributed by atoms with Crippen LogP contribution in [-0.2, 0) is 11.1 Å². The van der Waals surface area contributed by atoms with E-state index in [0.29, 0.717) is 7.48 Å². The number of aliphatic imine (C=N–C) groups is 1. The zero-order valence-electron chi connectivity index (χ0n) is 20.3. The van der Waals surface area contributed by atoms with Crippen molar-refractivity contribution in [1.29, 1.82) is 0 Å². The lowest BCUT2D eigenvalue weighted by Gasteiger charge is -2.37. The molecule has 1 heterocycles. The van der Waals surface area contributed by atoms with Crippen LogP contribution in [0.25, 0.3) is 21.9 Å². The van der Waals surface area contributed by atoms with Gasteiger partial charge in [-0.2, -0.15) is 0 Å². The molecule has 4 heteroatoms. The zero-order chi connectivity index (χ0) is 23.9. The van der Waals surface area contributed by atoms with Gasteiger partial charge in [0.1, 0.15) is 0 Å². The average Bonchev–Trinajstić information content (AvgIpc) is 3.23. The van der Waals surface area contributed by atoms with Crippen LogP contribution in [0.15, 0.2) is 89.9 Å². The summed E-state index contributed by atoms with van der Waals surface area (Å²) < 4.78 is 6.11. The summed E-state index contributed by atoms with van der Waals surface area (Å²) in [6, 6.07) is 29.9. The highest BCUT2D eigenvalue weighted by Gasteiger charge is 2.35. The molecule has 0 saturated heterocycles. The van der Waals surface area contributed by atoms with E-state index in [9.17, 15) is 5.11 Å². The van der Waals surface area contributed by atoms with Crippen molar-refractivity contribution < 1.29 is 9.76 Å². The first-order valence-corrected chi connectivity index (χ1v) is 11.9. The first-order valence-electron chi connectivity index (χ1n) is 11.9. The van der Waals surface area contributed by atoms with E-state index in [1.54, 1.807) is 13.8 Å². The van der Waals surface area contributed by atoms with Gasteiger partial charge in [-0.25, -0.2) is 0 Å². The van der Waals surface area contributed by atoms with E-state index < -0.39 is 11.2 Å². The molecule has 0 aliphatic carbocycles. The maximum atomic E-state index is 10.4. The van der Waals surface area contributed by atoms with Crippen LogP contribution in [0.3, 0.4) is 0 Å². The Labute approximate surface area is 202 Å². The molecule has 0 fully saturated rings. The summed E-state index contributed by atoms with van der Waals surface area (Å²) in [4.78, 5) is 5.04. The lowest BCUT2D eigenvalue weighted by atomic mass is 9.81. The van der Waals surface area contributed by atoms with E-state index in [1.165, 1.54) is 21.9 Å². The molecule has 1 aliphatic heterocycles. The summed E-state index contributed by atoms with van der Waals surface area (Å²) in [6.45, 7) is 7.41. The molecular weight excluding hydrogens is 417 g/mol. The standard InChI is InChI=1S/C30H30BNO2/c1-29(2,33)30(3,4)34-31-24-13-9-12-22(17-24)25-14-7-8-15-26(25)28-19-23-16-20-10-5-6-11-21(20)18-27(23)32-28/h5-18,31,33H,19H2,1-4H3. The molecule has 0 spiro atoms. The summed E-state index contributed by atoms with van der Waals surface area (Å²) in [5.74, 6) is 0. The SMILES string of the molecule is CC(C)(O)C(C)(C)OBc1cccc(-c2ccccc2C2=Nc3cc4ccccc4cc3C2)c1. The molecule has 0 saturated carbocycles. The highest BCUT2D eigenvalue weighted by molar-refractivity contribution is 6.47. The van der Waals surface area contributed by atoms with Gasteiger partial charge in [-0.1, -0.05) is 78.3 Å². The molecule has 0 radical (unpaired) electrons. The molecule has 170 valence electrons. The van der Waals surface area contributed by atoms with Crippen molar-refractivity contribution in [2.45, 2.75) is 45.3 Å². The third-order valence-electron chi connectivity index (χ3n) is 7.11. The summed E-state index contributed by atoms with van der Waals surface area (Å²) in [7, 11) is 0.436. The Balaban J connectivity index is 1.45. The van der Waals surface area contributed by atoms with E-state index in [1.807, 2.05) is 13.8 Å². The molecule has 34 heavy (non-hydrogen) atoms. The van der Waals surface area contributed by atoms with Gasteiger partial charge in [0.25, 0.3) is 0 Å². The summed E-state index contributed by atoms with van der Waals surface area (Å²) >= 11 is 0. The van der Waals surface area contributed by atoms with Crippen molar-refractivity contribution >= 4 is 35.1 Å². The quantitative estimate of drug-likeness (QED) is 0.384. The fourth-order valence-electron chi connectivity index (χ4n) is 4.30. The van der Waals surface area contributed by atoms with E-state index in [-0.39, 0.29) is 0 Å². The number of rotatable bonds is 6. The smallest absolute Gasteiger partial charge is 0.309 e. The summed E-state index contributed by atoms with van der Waals surface area (Å²) in [6.07, 6.45) is 0.833.